The summed E-state index contributed by atoms with van der Waals surface area (Å²) in [6.45, 7) is 10.0. The third-order valence-electron chi connectivity index (χ3n) is 5.98. The van der Waals surface area contributed by atoms with Crippen LogP contribution >= 0.6 is 11.6 Å². The molecule has 0 aliphatic carbocycles. The summed E-state index contributed by atoms with van der Waals surface area (Å²) in [5.41, 5.74) is 1.87. The van der Waals surface area contributed by atoms with Gasteiger partial charge in [0.2, 0.25) is 5.43 Å². The average molecular weight is 402 g/mol. The Balaban J connectivity index is 1.95. The van der Waals surface area contributed by atoms with Gasteiger partial charge in [0.25, 0.3) is 0 Å². The smallest absolute Gasteiger partial charge is 0.341 e. The van der Waals surface area contributed by atoms with Crippen LogP contribution in [0.4, 0.5) is 5.69 Å². The van der Waals surface area contributed by atoms with Crippen LogP contribution in [-0.2, 0) is 0 Å². The lowest BCUT2D eigenvalue weighted by Crippen LogP contribution is -2.52. The molecular weight excluding hydrogens is 378 g/mol. The van der Waals surface area contributed by atoms with E-state index in [1.807, 2.05) is 23.6 Å². The Morgan fingerprint density at radius 2 is 2.07 bits per heavy atom. The van der Waals surface area contributed by atoms with E-state index in [1.165, 1.54) is 6.20 Å². The highest BCUT2D eigenvalue weighted by Crippen LogP contribution is 2.40. The van der Waals surface area contributed by atoms with E-state index in [-0.39, 0.29) is 11.6 Å². The minimum Gasteiger partial charge on any atom is -0.477 e. The minimum absolute atomic E-state index is 0.0430. The number of rotatable bonds is 3. The van der Waals surface area contributed by atoms with E-state index in [1.54, 1.807) is 6.07 Å². The van der Waals surface area contributed by atoms with Gasteiger partial charge in [-0.1, -0.05) is 30.7 Å². The Morgan fingerprint density at radius 3 is 2.71 bits per heavy atom. The number of aromatic carboxylic acids is 1. The minimum atomic E-state index is -1.22. The van der Waals surface area contributed by atoms with Crippen molar-refractivity contribution >= 4 is 40.2 Å². The van der Waals surface area contributed by atoms with Gasteiger partial charge in [-0.25, -0.2) is 4.79 Å². The Hall–Kier alpha value is -2.31. The molecule has 1 aromatic heterocycles. The first-order valence-corrected chi connectivity index (χ1v) is 10.0. The molecule has 2 unspecified atom stereocenters. The normalized spacial score (nSPS) is 22.1. The lowest BCUT2D eigenvalue weighted by atomic mass is 9.98. The van der Waals surface area contributed by atoms with Crippen molar-refractivity contribution in [3.63, 3.8) is 0 Å². The second-order valence-electron chi connectivity index (χ2n) is 7.62. The maximum Gasteiger partial charge on any atom is 0.341 e. The monoisotopic (exact) mass is 401 g/mol. The number of halogens is 1. The fraction of sp³-hybridized carbons (Fsp3) is 0.429. The van der Waals surface area contributed by atoms with Gasteiger partial charge in [-0.3, -0.25) is 9.69 Å². The van der Waals surface area contributed by atoms with Crippen LogP contribution in [0.15, 0.2) is 23.1 Å². The van der Waals surface area contributed by atoms with Crippen LogP contribution < -0.4 is 10.3 Å². The second-order valence-corrected chi connectivity index (χ2v) is 8.03. The van der Waals surface area contributed by atoms with Gasteiger partial charge in [0, 0.05) is 48.9 Å². The molecule has 28 heavy (non-hydrogen) atoms. The van der Waals surface area contributed by atoms with Crippen molar-refractivity contribution in [2.75, 3.05) is 31.1 Å². The van der Waals surface area contributed by atoms with Crippen LogP contribution in [0.5, 0.6) is 0 Å². The van der Waals surface area contributed by atoms with Gasteiger partial charge in [0.15, 0.2) is 0 Å². The Labute approximate surface area is 168 Å². The first kappa shape index (κ1) is 19.0. The number of piperazine rings is 1. The molecule has 2 aromatic rings. The molecule has 2 atom stereocenters. The summed E-state index contributed by atoms with van der Waals surface area (Å²) in [6.07, 6.45) is 5.49. The zero-order valence-corrected chi connectivity index (χ0v) is 17.0. The maximum atomic E-state index is 12.8. The van der Waals surface area contributed by atoms with E-state index in [0.717, 1.165) is 42.9 Å². The highest BCUT2D eigenvalue weighted by atomic mass is 35.5. The summed E-state index contributed by atoms with van der Waals surface area (Å²) in [5.74, 6) is -1.22. The number of likely N-dealkylation sites (N-methyl/N-ethyl adjacent to an activating group) is 1. The SMILES string of the molecule is CCN1CCN(c2c(Cl)cc3c(=O)c(C(=O)O)cn4c3c2C=CC4C)CC1C. The van der Waals surface area contributed by atoms with Crippen LogP contribution in [0.1, 0.15) is 42.7 Å². The predicted octanol–water partition coefficient (Wildman–Crippen LogP) is 3.47. The Morgan fingerprint density at radius 1 is 1.32 bits per heavy atom. The zero-order valence-electron chi connectivity index (χ0n) is 16.3. The molecule has 2 aliphatic heterocycles. The molecule has 148 valence electrons. The molecule has 0 saturated carbocycles. The van der Waals surface area contributed by atoms with Crippen molar-refractivity contribution in [3.05, 3.63) is 44.7 Å². The van der Waals surface area contributed by atoms with Gasteiger partial charge in [-0.05, 0) is 26.5 Å². The van der Waals surface area contributed by atoms with Crippen LogP contribution in [0.2, 0.25) is 5.02 Å². The van der Waals surface area contributed by atoms with Crippen molar-refractivity contribution in [3.8, 4) is 0 Å². The molecule has 0 spiro atoms. The highest BCUT2D eigenvalue weighted by molar-refractivity contribution is 6.35. The Kier molecular flexibility index (Phi) is 4.71. The maximum absolute atomic E-state index is 12.8. The fourth-order valence-corrected chi connectivity index (χ4v) is 4.79. The van der Waals surface area contributed by atoms with E-state index in [2.05, 4.69) is 23.6 Å². The lowest BCUT2D eigenvalue weighted by Gasteiger charge is -2.41. The first-order valence-electron chi connectivity index (χ1n) is 9.65. The number of aromatic nitrogens is 1. The van der Waals surface area contributed by atoms with Gasteiger partial charge < -0.3 is 14.6 Å². The summed E-state index contributed by atoms with van der Waals surface area (Å²) < 4.78 is 1.88. The molecule has 7 heteroatoms. The van der Waals surface area contributed by atoms with Crippen LogP contribution in [0.25, 0.3) is 17.0 Å². The number of allylic oxidation sites excluding steroid dienone is 1. The largest absolute Gasteiger partial charge is 0.477 e. The molecular formula is C21H24ClN3O3. The number of benzene rings is 1. The number of anilines is 1. The number of carboxylic acids is 1. The fourth-order valence-electron chi connectivity index (χ4n) is 4.46. The third kappa shape index (κ3) is 2.83. The predicted molar refractivity (Wildman–Crippen MR) is 113 cm³/mol. The van der Waals surface area contributed by atoms with Crippen molar-refractivity contribution in [1.82, 2.24) is 9.47 Å². The molecule has 1 N–H and O–H groups in total. The van der Waals surface area contributed by atoms with E-state index in [9.17, 15) is 14.7 Å². The molecule has 3 heterocycles. The van der Waals surface area contributed by atoms with Crippen LogP contribution in [0, 0.1) is 0 Å². The van der Waals surface area contributed by atoms with Gasteiger partial charge in [0.1, 0.15) is 5.56 Å². The molecule has 1 fully saturated rings. The average Bonchev–Trinajstić information content (AvgIpc) is 2.65. The zero-order chi connectivity index (χ0) is 20.2. The van der Waals surface area contributed by atoms with Gasteiger partial charge in [-0.15, -0.1) is 0 Å². The molecule has 4 rings (SSSR count). The second kappa shape index (κ2) is 6.94. The number of hydrogen-bond donors (Lipinski definition) is 1. The molecule has 0 amide bonds. The number of nitrogens with zero attached hydrogens (tertiary/aromatic N) is 3. The van der Waals surface area contributed by atoms with E-state index < -0.39 is 11.4 Å². The molecule has 1 saturated heterocycles. The summed E-state index contributed by atoms with van der Waals surface area (Å²) in [6, 6.07) is 2.00. The van der Waals surface area contributed by atoms with E-state index in [4.69, 9.17) is 11.6 Å². The molecule has 0 radical (unpaired) electrons. The number of carbonyl (C=O) groups is 1. The van der Waals surface area contributed by atoms with Crippen molar-refractivity contribution in [1.29, 1.82) is 0 Å². The molecule has 0 bridgehead atoms. The number of pyridine rings is 1. The van der Waals surface area contributed by atoms with Gasteiger partial charge in [0.05, 0.1) is 16.2 Å². The van der Waals surface area contributed by atoms with E-state index in [0.29, 0.717) is 16.5 Å². The van der Waals surface area contributed by atoms with Gasteiger partial charge in [-0.2, -0.15) is 0 Å². The summed E-state index contributed by atoms with van der Waals surface area (Å²) in [4.78, 5) is 29.1. The lowest BCUT2D eigenvalue weighted by molar-refractivity contribution is 0.0695. The molecule has 1 aromatic carbocycles. The first-order chi connectivity index (χ1) is 13.3. The van der Waals surface area contributed by atoms with Crippen LogP contribution in [-0.4, -0.2) is 52.8 Å². The summed E-state index contributed by atoms with van der Waals surface area (Å²) >= 11 is 6.67. The topological polar surface area (TPSA) is 65.8 Å². The Bertz CT molecular complexity index is 1060. The molecule has 2 aliphatic rings. The highest BCUT2D eigenvalue weighted by Gasteiger charge is 2.29. The third-order valence-corrected chi connectivity index (χ3v) is 6.26. The molecule has 6 nitrogen and oxygen atoms in total. The standard InChI is InChI=1S/C21H24ClN3O3/c1-4-23-7-8-24(10-13(23)3)19-14-6-5-12(2)25-11-16(21(27)28)20(26)15(18(14)25)9-17(19)22/h5-6,9,11-13H,4,7-8,10H2,1-3H3,(H,27,28). The summed E-state index contributed by atoms with van der Waals surface area (Å²) in [7, 11) is 0. The van der Waals surface area contributed by atoms with Crippen LogP contribution in [0.3, 0.4) is 0 Å². The van der Waals surface area contributed by atoms with Crippen molar-refractivity contribution in [2.45, 2.75) is 32.9 Å². The van der Waals surface area contributed by atoms with Crippen molar-refractivity contribution in [2.24, 2.45) is 0 Å². The van der Waals surface area contributed by atoms with Gasteiger partial charge >= 0.3 is 5.97 Å². The quantitative estimate of drug-likeness (QED) is 0.853. The van der Waals surface area contributed by atoms with E-state index >= 15 is 0 Å². The summed E-state index contributed by atoms with van der Waals surface area (Å²) in [5, 5.41) is 10.3. The number of carboxylic acid groups (broad SMARTS) is 1. The number of hydrogen-bond acceptors (Lipinski definition) is 4. The van der Waals surface area contributed by atoms with Crippen molar-refractivity contribution < 1.29 is 9.90 Å².